The molecule has 1 N–H and O–H groups in total. The van der Waals surface area contributed by atoms with Crippen molar-refractivity contribution >= 4 is 21.9 Å². The van der Waals surface area contributed by atoms with Crippen molar-refractivity contribution in [3.8, 4) is 0 Å². The molecule has 19 heavy (non-hydrogen) atoms. The van der Waals surface area contributed by atoms with Crippen molar-refractivity contribution in [3.63, 3.8) is 0 Å². The molecular formula is C14H17BrFNO2. The van der Waals surface area contributed by atoms with E-state index in [4.69, 9.17) is 5.11 Å². The van der Waals surface area contributed by atoms with Crippen LogP contribution in [0.25, 0.3) is 0 Å². The number of benzene rings is 1. The van der Waals surface area contributed by atoms with Gasteiger partial charge in [0.2, 0.25) is 0 Å². The van der Waals surface area contributed by atoms with Crippen LogP contribution in [0.1, 0.15) is 25.3 Å². The number of carboxylic acids is 1. The van der Waals surface area contributed by atoms with E-state index in [0.717, 1.165) is 18.7 Å². The molecule has 0 bridgehead atoms. The highest BCUT2D eigenvalue weighted by atomic mass is 79.9. The third kappa shape index (κ3) is 3.34. The standard InChI is InChI=1S/C14H17BrFNO2/c1-14(13(18)19)4-6-17(7-5-14)9-10-2-3-11(15)12(16)8-10/h2-3,8H,4-7,9H2,1H3,(H,18,19). The van der Waals surface area contributed by atoms with Crippen LogP contribution < -0.4 is 0 Å². The molecule has 5 heteroatoms. The Morgan fingerprint density at radius 2 is 2.11 bits per heavy atom. The Morgan fingerprint density at radius 3 is 2.63 bits per heavy atom. The Hall–Kier alpha value is -0.940. The highest BCUT2D eigenvalue weighted by Crippen LogP contribution is 2.31. The Bertz CT molecular complexity index is 484. The van der Waals surface area contributed by atoms with Crippen molar-refractivity contribution in [3.05, 3.63) is 34.1 Å². The molecule has 0 radical (unpaired) electrons. The van der Waals surface area contributed by atoms with Crippen molar-refractivity contribution < 1.29 is 14.3 Å². The first-order valence-electron chi connectivity index (χ1n) is 6.30. The summed E-state index contributed by atoms with van der Waals surface area (Å²) in [6.07, 6.45) is 1.28. The fourth-order valence-corrected chi connectivity index (χ4v) is 2.56. The molecule has 1 saturated heterocycles. The lowest BCUT2D eigenvalue weighted by Gasteiger charge is -2.36. The molecule has 0 aromatic heterocycles. The summed E-state index contributed by atoms with van der Waals surface area (Å²) in [5.74, 6) is -0.980. The average Bonchev–Trinajstić information content (AvgIpc) is 2.37. The molecule has 1 aliphatic heterocycles. The minimum Gasteiger partial charge on any atom is -0.481 e. The van der Waals surface area contributed by atoms with Crippen molar-refractivity contribution in [1.82, 2.24) is 4.90 Å². The predicted molar refractivity (Wildman–Crippen MR) is 74.4 cm³/mol. The summed E-state index contributed by atoms with van der Waals surface area (Å²) in [4.78, 5) is 13.3. The quantitative estimate of drug-likeness (QED) is 0.925. The van der Waals surface area contributed by atoms with Crippen LogP contribution in [-0.2, 0) is 11.3 Å². The fourth-order valence-electron chi connectivity index (χ4n) is 2.31. The van der Waals surface area contributed by atoms with Crippen molar-refractivity contribution in [2.75, 3.05) is 13.1 Å². The molecule has 0 aliphatic carbocycles. The van der Waals surface area contributed by atoms with Crippen LogP contribution in [0.4, 0.5) is 4.39 Å². The van der Waals surface area contributed by atoms with Gasteiger partial charge in [-0.3, -0.25) is 9.69 Å². The summed E-state index contributed by atoms with van der Waals surface area (Å²) < 4.78 is 13.9. The van der Waals surface area contributed by atoms with Gasteiger partial charge in [0, 0.05) is 6.54 Å². The number of rotatable bonds is 3. The number of hydrogen-bond donors (Lipinski definition) is 1. The Morgan fingerprint density at radius 1 is 1.47 bits per heavy atom. The van der Waals surface area contributed by atoms with Gasteiger partial charge < -0.3 is 5.11 Å². The van der Waals surface area contributed by atoms with E-state index in [2.05, 4.69) is 20.8 Å². The van der Waals surface area contributed by atoms with Crippen LogP contribution in [0, 0.1) is 11.2 Å². The summed E-state index contributed by atoms with van der Waals surface area (Å²) in [7, 11) is 0. The molecule has 0 atom stereocenters. The number of carbonyl (C=O) groups is 1. The zero-order chi connectivity index (χ0) is 14.0. The first-order chi connectivity index (χ1) is 8.90. The molecular weight excluding hydrogens is 313 g/mol. The Kier molecular flexibility index (Phi) is 4.26. The monoisotopic (exact) mass is 329 g/mol. The number of aliphatic carboxylic acids is 1. The lowest BCUT2D eigenvalue weighted by molar-refractivity contribution is -0.150. The third-order valence-corrected chi connectivity index (χ3v) is 4.51. The second kappa shape index (κ2) is 5.59. The lowest BCUT2D eigenvalue weighted by atomic mass is 9.80. The Labute approximate surface area is 120 Å². The summed E-state index contributed by atoms with van der Waals surface area (Å²) in [5, 5.41) is 9.17. The first kappa shape index (κ1) is 14.5. The predicted octanol–water partition coefficient (Wildman–Crippen LogP) is 3.27. The summed E-state index contributed by atoms with van der Waals surface area (Å²) in [6, 6.07) is 5.11. The van der Waals surface area contributed by atoms with Crippen molar-refractivity contribution in [1.29, 1.82) is 0 Å². The van der Waals surface area contributed by atoms with E-state index in [-0.39, 0.29) is 5.82 Å². The highest BCUT2D eigenvalue weighted by Gasteiger charge is 2.36. The molecule has 1 fully saturated rings. The van der Waals surface area contributed by atoms with Gasteiger partial charge in [-0.25, -0.2) is 4.39 Å². The van der Waals surface area contributed by atoms with E-state index in [1.165, 1.54) is 6.07 Å². The molecule has 0 amide bonds. The maximum atomic E-state index is 13.4. The lowest BCUT2D eigenvalue weighted by Crippen LogP contribution is -2.42. The smallest absolute Gasteiger partial charge is 0.309 e. The molecule has 104 valence electrons. The summed E-state index contributed by atoms with van der Waals surface area (Å²) in [5.41, 5.74) is 0.307. The topological polar surface area (TPSA) is 40.5 Å². The SMILES string of the molecule is CC1(C(=O)O)CCN(Cc2ccc(Br)c(F)c2)CC1. The van der Waals surface area contributed by atoms with E-state index in [1.54, 1.807) is 13.0 Å². The van der Waals surface area contributed by atoms with Gasteiger partial charge in [-0.1, -0.05) is 6.07 Å². The van der Waals surface area contributed by atoms with Crippen molar-refractivity contribution in [2.45, 2.75) is 26.3 Å². The van der Waals surface area contributed by atoms with E-state index < -0.39 is 11.4 Å². The molecule has 0 saturated carbocycles. The van der Waals surface area contributed by atoms with E-state index in [0.29, 0.717) is 23.9 Å². The molecule has 1 aromatic carbocycles. The Balaban J connectivity index is 1.95. The van der Waals surface area contributed by atoms with Gasteiger partial charge in [0.15, 0.2) is 0 Å². The highest BCUT2D eigenvalue weighted by molar-refractivity contribution is 9.10. The molecule has 0 unspecified atom stereocenters. The number of hydrogen-bond acceptors (Lipinski definition) is 2. The zero-order valence-corrected chi connectivity index (χ0v) is 12.4. The van der Waals surface area contributed by atoms with Gasteiger partial charge in [-0.2, -0.15) is 0 Å². The minimum atomic E-state index is -0.721. The van der Waals surface area contributed by atoms with Crippen LogP contribution in [-0.4, -0.2) is 29.1 Å². The van der Waals surface area contributed by atoms with E-state index in [9.17, 15) is 9.18 Å². The van der Waals surface area contributed by atoms with Crippen LogP contribution in [0.5, 0.6) is 0 Å². The summed E-state index contributed by atoms with van der Waals surface area (Å²) in [6.45, 7) is 3.94. The molecule has 1 aliphatic rings. The van der Waals surface area contributed by atoms with Crippen LogP contribution in [0.15, 0.2) is 22.7 Å². The molecule has 2 rings (SSSR count). The maximum Gasteiger partial charge on any atom is 0.309 e. The zero-order valence-electron chi connectivity index (χ0n) is 10.8. The molecule has 1 heterocycles. The van der Waals surface area contributed by atoms with Gasteiger partial charge in [-0.15, -0.1) is 0 Å². The average molecular weight is 330 g/mol. The minimum absolute atomic E-state index is 0.259. The summed E-state index contributed by atoms with van der Waals surface area (Å²) >= 11 is 3.13. The molecule has 3 nitrogen and oxygen atoms in total. The largest absolute Gasteiger partial charge is 0.481 e. The van der Waals surface area contributed by atoms with E-state index in [1.807, 2.05) is 6.07 Å². The second-order valence-electron chi connectivity index (χ2n) is 5.39. The van der Waals surface area contributed by atoms with Gasteiger partial charge in [0.25, 0.3) is 0 Å². The first-order valence-corrected chi connectivity index (χ1v) is 7.10. The number of carboxylic acid groups (broad SMARTS) is 1. The maximum absolute atomic E-state index is 13.4. The normalized spacial score (nSPS) is 19.3. The van der Waals surface area contributed by atoms with Crippen LogP contribution >= 0.6 is 15.9 Å². The number of piperidine rings is 1. The number of halogens is 2. The number of likely N-dealkylation sites (tertiary alicyclic amines) is 1. The molecule has 0 spiro atoms. The van der Waals surface area contributed by atoms with Gasteiger partial charge in [-0.05, 0) is 66.5 Å². The van der Waals surface area contributed by atoms with Gasteiger partial charge in [0.1, 0.15) is 5.82 Å². The fraction of sp³-hybridized carbons (Fsp3) is 0.500. The van der Waals surface area contributed by atoms with Gasteiger partial charge >= 0.3 is 5.97 Å². The van der Waals surface area contributed by atoms with Crippen LogP contribution in [0.3, 0.4) is 0 Å². The van der Waals surface area contributed by atoms with Crippen molar-refractivity contribution in [2.24, 2.45) is 5.41 Å². The third-order valence-electron chi connectivity index (χ3n) is 3.87. The molecule has 1 aromatic rings. The van der Waals surface area contributed by atoms with E-state index >= 15 is 0 Å². The second-order valence-corrected chi connectivity index (χ2v) is 6.24. The van der Waals surface area contributed by atoms with Gasteiger partial charge in [0.05, 0.1) is 9.89 Å². The van der Waals surface area contributed by atoms with Crippen LogP contribution in [0.2, 0.25) is 0 Å². The number of nitrogens with zero attached hydrogens (tertiary/aromatic N) is 1.